The number of pyridine rings is 1. The number of halogens is 4. The van der Waals surface area contributed by atoms with Gasteiger partial charge < -0.3 is 5.32 Å². The molecule has 29 heavy (non-hydrogen) atoms. The van der Waals surface area contributed by atoms with Crippen LogP contribution in [0, 0.1) is 5.92 Å². The summed E-state index contributed by atoms with van der Waals surface area (Å²) in [6.07, 6.45) is 5.17. The molecule has 3 heterocycles. The van der Waals surface area contributed by atoms with Crippen molar-refractivity contribution in [3.8, 4) is 11.1 Å². The molecule has 9 heteroatoms. The van der Waals surface area contributed by atoms with Gasteiger partial charge in [-0.3, -0.25) is 4.98 Å². The smallest absolute Gasteiger partial charge is 0.343 e. The van der Waals surface area contributed by atoms with Gasteiger partial charge in [0, 0.05) is 30.1 Å². The minimum Gasteiger partial charge on any atom is -0.343 e. The highest BCUT2D eigenvalue weighted by molar-refractivity contribution is 5.84. The van der Waals surface area contributed by atoms with Crippen molar-refractivity contribution in [2.75, 3.05) is 0 Å². The number of nitrogens with zero attached hydrogens (tertiary/aromatic N) is 4. The van der Waals surface area contributed by atoms with Crippen LogP contribution in [0.4, 0.5) is 17.6 Å². The largest absolute Gasteiger partial charge is 0.431 e. The molecule has 0 fully saturated rings. The van der Waals surface area contributed by atoms with Crippen LogP contribution in [0.2, 0.25) is 0 Å². The van der Waals surface area contributed by atoms with Crippen molar-refractivity contribution in [1.82, 2.24) is 20.1 Å². The van der Waals surface area contributed by atoms with Gasteiger partial charge in [0.25, 0.3) is 0 Å². The van der Waals surface area contributed by atoms with Crippen LogP contribution in [-0.2, 0) is 0 Å². The average Bonchev–Trinajstić information content (AvgIpc) is 3.16. The molecule has 0 bridgehead atoms. The van der Waals surface area contributed by atoms with E-state index in [1.807, 2.05) is 0 Å². The molecule has 2 aromatic heterocycles. The van der Waals surface area contributed by atoms with Gasteiger partial charge in [-0.1, -0.05) is 19.1 Å². The minimum atomic E-state index is -4.52. The Kier molecular flexibility index (Phi) is 4.81. The van der Waals surface area contributed by atoms with Gasteiger partial charge in [0.2, 0.25) is 0 Å². The molecule has 5 nitrogen and oxygen atoms in total. The molecule has 1 aliphatic heterocycles. The van der Waals surface area contributed by atoms with E-state index < -0.39 is 24.2 Å². The van der Waals surface area contributed by atoms with Crippen LogP contribution in [0.25, 0.3) is 16.7 Å². The van der Waals surface area contributed by atoms with E-state index in [0.29, 0.717) is 16.8 Å². The first kappa shape index (κ1) is 19.1. The molecule has 0 radical (unpaired) electrons. The molecule has 1 aliphatic carbocycles. The highest BCUT2D eigenvalue weighted by atomic mass is 19.4. The molecule has 3 unspecified atom stereocenters. The Morgan fingerprint density at radius 2 is 1.90 bits per heavy atom. The second-order valence-electron chi connectivity index (χ2n) is 6.81. The lowest BCUT2D eigenvalue weighted by Crippen LogP contribution is -2.29. The first-order valence-electron chi connectivity index (χ1n) is 8.94. The maximum atomic E-state index is 13.8. The zero-order valence-corrected chi connectivity index (χ0v) is 15.3. The highest BCUT2D eigenvalue weighted by Gasteiger charge is 2.35. The summed E-state index contributed by atoms with van der Waals surface area (Å²) in [6.45, 7) is 1.76. The van der Waals surface area contributed by atoms with Gasteiger partial charge in [0.15, 0.2) is 6.17 Å². The molecule has 0 spiro atoms. The molecule has 4 rings (SSSR count). The van der Waals surface area contributed by atoms with E-state index in [-0.39, 0.29) is 5.92 Å². The fourth-order valence-corrected chi connectivity index (χ4v) is 3.19. The van der Waals surface area contributed by atoms with E-state index in [4.69, 9.17) is 0 Å². The number of aliphatic imine (C=N–C) groups is 1. The summed E-state index contributed by atoms with van der Waals surface area (Å²) < 4.78 is 54.4. The normalized spacial score (nSPS) is 24.1. The Morgan fingerprint density at radius 1 is 1.14 bits per heavy atom. The van der Waals surface area contributed by atoms with Crippen molar-refractivity contribution < 1.29 is 17.6 Å². The monoisotopic (exact) mass is 403 g/mol. The Morgan fingerprint density at radius 3 is 2.59 bits per heavy atom. The fourth-order valence-electron chi connectivity index (χ4n) is 3.19. The lowest BCUT2D eigenvalue weighted by molar-refractivity contribution is -0.0955. The Balaban J connectivity index is 1.80. The van der Waals surface area contributed by atoms with Crippen molar-refractivity contribution in [2.45, 2.75) is 25.4 Å². The van der Waals surface area contributed by atoms with Gasteiger partial charge in [-0.2, -0.15) is 18.3 Å². The van der Waals surface area contributed by atoms with Gasteiger partial charge in [0.1, 0.15) is 11.9 Å². The molecular weight excluding hydrogens is 386 g/mol. The number of allylic oxidation sites excluding steroid dienone is 5. The first-order valence-corrected chi connectivity index (χ1v) is 8.94. The van der Waals surface area contributed by atoms with Gasteiger partial charge in [-0.15, -0.1) is 0 Å². The van der Waals surface area contributed by atoms with Crippen LogP contribution in [0.3, 0.4) is 0 Å². The molecule has 0 aromatic carbocycles. The zero-order valence-electron chi connectivity index (χ0n) is 15.3. The van der Waals surface area contributed by atoms with Crippen molar-refractivity contribution in [3.05, 3.63) is 66.4 Å². The standard InChI is InChI=1S/C20H17F4N5/c1-12-8-14(2-3-16(12)21)19-15(13-4-6-25-7-5-13)10-29(28-19)18-9-17(20(22,23)24)26-11-27-18/h2-12,16,18H,1H3,(H,26,27). The van der Waals surface area contributed by atoms with Crippen LogP contribution in [-0.4, -0.2) is 33.5 Å². The highest BCUT2D eigenvalue weighted by Crippen LogP contribution is 2.34. The predicted molar refractivity (Wildman–Crippen MR) is 101 cm³/mol. The van der Waals surface area contributed by atoms with Crippen molar-refractivity contribution >= 4 is 11.9 Å². The Labute approximate surface area is 164 Å². The molecular formula is C20H17F4N5. The molecule has 3 atom stereocenters. The molecule has 1 N–H and O–H groups in total. The van der Waals surface area contributed by atoms with Crippen molar-refractivity contribution in [1.29, 1.82) is 0 Å². The molecule has 2 aromatic rings. The fraction of sp³-hybridized carbons (Fsp3) is 0.250. The third-order valence-corrected chi connectivity index (χ3v) is 4.74. The Hall–Kier alpha value is -3.23. The minimum absolute atomic E-state index is 0.334. The maximum absolute atomic E-state index is 13.8. The van der Waals surface area contributed by atoms with Crippen LogP contribution in [0.15, 0.2) is 65.7 Å². The first-order chi connectivity index (χ1) is 13.8. The lowest BCUT2D eigenvalue weighted by Gasteiger charge is -2.19. The van der Waals surface area contributed by atoms with Gasteiger partial charge in [0.05, 0.1) is 12.0 Å². The Bertz CT molecular complexity index is 1020. The van der Waals surface area contributed by atoms with E-state index >= 15 is 0 Å². The van der Waals surface area contributed by atoms with E-state index in [2.05, 4.69) is 20.4 Å². The summed E-state index contributed by atoms with van der Waals surface area (Å²) in [4.78, 5) is 8.06. The topological polar surface area (TPSA) is 55.1 Å². The molecule has 150 valence electrons. The second-order valence-corrected chi connectivity index (χ2v) is 6.81. The molecule has 2 aliphatic rings. The third kappa shape index (κ3) is 3.85. The summed E-state index contributed by atoms with van der Waals surface area (Å²) >= 11 is 0. The van der Waals surface area contributed by atoms with Crippen LogP contribution in [0.5, 0.6) is 0 Å². The average molecular weight is 403 g/mol. The summed E-state index contributed by atoms with van der Waals surface area (Å²) in [5.41, 5.74) is 1.84. The molecule has 0 saturated carbocycles. The molecule has 0 saturated heterocycles. The van der Waals surface area contributed by atoms with Gasteiger partial charge in [-0.25, -0.2) is 14.1 Å². The van der Waals surface area contributed by atoms with Gasteiger partial charge >= 0.3 is 6.18 Å². The number of hydrogen-bond acceptors (Lipinski definition) is 4. The number of nitrogens with one attached hydrogen (secondary N) is 1. The summed E-state index contributed by atoms with van der Waals surface area (Å²) in [6, 6.07) is 3.56. The van der Waals surface area contributed by atoms with Crippen LogP contribution < -0.4 is 5.32 Å². The van der Waals surface area contributed by atoms with Crippen molar-refractivity contribution in [3.63, 3.8) is 0 Å². The SMILES string of the molecule is CC1C=C(c2nn(C3C=C(C(F)(F)F)NC=N3)cc2-c2ccncc2)C=CC1F. The lowest BCUT2D eigenvalue weighted by atomic mass is 9.92. The second kappa shape index (κ2) is 7.31. The van der Waals surface area contributed by atoms with E-state index in [9.17, 15) is 17.6 Å². The van der Waals surface area contributed by atoms with E-state index in [1.54, 1.807) is 49.8 Å². The predicted octanol–water partition coefficient (Wildman–Crippen LogP) is 4.45. The summed E-state index contributed by atoms with van der Waals surface area (Å²) in [7, 11) is 0. The number of alkyl halides is 4. The van der Waals surface area contributed by atoms with E-state index in [0.717, 1.165) is 18.0 Å². The number of rotatable bonds is 3. The maximum Gasteiger partial charge on any atom is 0.431 e. The molecule has 0 amide bonds. The van der Waals surface area contributed by atoms with Crippen molar-refractivity contribution in [2.24, 2.45) is 10.9 Å². The number of hydrogen-bond donors (Lipinski definition) is 1. The summed E-state index contributed by atoms with van der Waals surface area (Å²) in [5, 5.41) is 6.63. The van der Waals surface area contributed by atoms with Gasteiger partial charge in [-0.05, 0) is 35.4 Å². The van der Waals surface area contributed by atoms with Crippen LogP contribution in [0.1, 0.15) is 18.8 Å². The summed E-state index contributed by atoms with van der Waals surface area (Å²) in [5.74, 6) is -0.334. The zero-order chi connectivity index (χ0) is 20.6. The van der Waals surface area contributed by atoms with Crippen LogP contribution >= 0.6 is 0 Å². The quantitative estimate of drug-likeness (QED) is 0.771. The third-order valence-electron chi connectivity index (χ3n) is 4.74. The van der Waals surface area contributed by atoms with E-state index in [1.165, 1.54) is 10.8 Å². The number of aromatic nitrogens is 3.